The van der Waals surface area contributed by atoms with Crippen LogP contribution in [0.4, 0.5) is 0 Å². The van der Waals surface area contributed by atoms with Gasteiger partial charge in [0.1, 0.15) is 11.3 Å². The Kier molecular flexibility index (Phi) is 4.63. The summed E-state index contributed by atoms with van der Waals surface area (Å²) in [5.41, 5.74) is 3.77. The van der Waals surface area contributed by atoms with E-state index < -0.39 is 0 Å². The van der Waals surface area contributed by atoms with E-state index in [4.69, 9.17) is 0 Å². The van der Waals surface area contributed by atoms with Crippen LogP contribution >= 0.6 is 0 Å². The standard InChI is InChI=1S/C23H20N2O/c26-23-20(14-13-19-12-7-15-24-22(19)23)21(18-10-5-2-6-11-18)25-16-17-8-3-1-4-9-17/h1-15,21,25-26H,16H2. The van der Waals surface area contributed by atoms with Gasteiger partial charge in [-0.1, -0.05) is 78.9 Å². The van der Waals surface area contributed by atoms with Crippen molar-refractivity contribution < 1.29 is 5.11 Å². The highest BCUT2D eigenvalue weighted by Gasteiger charge is 2.19. The number of hydrogen-bond donors (Lipinski definition) is 2. The second kappa shape index (κ2) is 7.38. The Morgan fingerprint density at radius 2 is 1.54 bits per heavy atom. The Hall–Kier alpha value is -3.17. The first kappa shape index (κ1) is 16.3. The van der Waals surface area contributed by atoms with E-state index >= 15 is 0 Å². The number of rotatable bonds is 5. The molecule has 0 saturated carbocycles. The molecule has 4 rings (SSSR count). The molecule has 1 unspecified atom stereocenters. The second-order valence-electron chi connectivity index (χ2n) is 6.29. The highest BCUT2D eigenvalue weighted by atomic mass is 16.3. The van der Waals surface area contributed by atoms with Crippen molar-refractivity contribution in [2.75, 3.05) is 0 Å². The van der Waals surface area contributed by atoms with Crippen LogP contribution in [-0.2, 0) is 6.54 Å². The van der Waals surface area contributed by atoms with E-state index in [2.05, 4.69) is 34.6 Å². The maximum atomic E-state index is 10.9. The highest BCUT2D eigenvalue weighted by molar-refractivity contribution is 5.85. The number of phenols is 1. The fourth-order valence-corrected chi connectivity index (χ4v) is 3.25. The predicted molar refractivity (Wildman–Crippen MR) is 105 cm³/mol. The molecule has 4 aromatic rings. The van der Waals surface area contributed by atoms with E-state index in [1.54, 1.807) is 6.20 Å². The number of hydrogen-bond acceptors (Lipinski definition) is 3. The Morgan fingerprint density at radius 1 is 0.808 bits per heavy atom. The average molecular weight is 340 g/mol. The third-order valence-corrected chi connectivity index (χ3v) is 4.58. The van der Waals surface area contributed by atoms with Crippen LogP contribution in [0.5, 0.6) is 5.75 Å². The minimum atomic E-state index is -0.122. The molecule has 0 aliphatic carbocycles. The Morgan fingerprint density at radius 3 is 2.31 bits per heavy atom. The van der Waals surface area contributed by atoms with Gasteiger partial charge >= 0.3 is 0 Å². The topological polar surface area (TPSA) is 45.1 Å². The summed E-state index contributed by atoms with van der Waals surface area (Å²) >= 11 is 0. The van der Waals surface area contributed by atoms with Crippen molar-refractivity contribution in [2.45, 2.75) is 12.6 Å². The molecule has 0 amide bonds. The number of nitrogens with one attached hydrogen (secondary N) is 1. The maximum absolute atomic E-state index is 10.9. The molecule has 0 fully saturated rings. The quantitative estimate of drug-likeness (QED) is 0.547. The number of phenolic OH excluding ortho intramolecular Hbond substituents is 1. The van der Waals surface area contributed by atoms with Gasteiger partial charge in [-0.3, -0.25) is 4.98 Å². The van der Waals surface area contributed by atoms with Gasteiger partial charge in [0.2, 0.25) is 0 Å². The summed E-state index contributed by atoms with van der Waals surface area (Å²) in [6.07, 6.45) is 1.71. The van der Waals surface area contributed by atoms with Crippen LogP contribution in [0.3, 0.4) is 0 Å². The normalized spacial score (nSPS) is 12.2. The number of aromatic nitrogens is 1. The van der Waals surface area contributed by atoms with Gasteiger partial charge in [0.15, 0.2) is 0 Å². The van der Waals surface area contributed by atoms with Crippen LogP contribution in [0.25, 0.3) is 10.9 Å². The number of nitrogens with zero attached hydrogens (tertiary/aromatic N) is 1. The minimum Gasteiger partial charge on any atom is -0.505 e. The van der Waals surface area contributed by atoms with Gasteiger partial charge in [-0.15, -0.1) is 0 Å². The summed E-state index contributed by atoms with van der Waals surface area (Å²) in [5.74, 6) is 0.234. The lowest BCUT2D eigenvalue weighted by Gasteiger charge is -2.21. The third-order valence-electron chi connectivity index (χ3n) is 4.58. The lowest BCUT2D eigenvalue weighted by Crippen LogP contribution is -2.22. The van der Waals surface area contributed by atoms with Gasteiger partial charge in [-0.25, -0.2) is 0 Å². The van der Waals surface area contributed by atoms with Crippen molar-refractivity contribution in [1.82, 2.24) is 10.3 Å². The lowest BCUT2D eigenvalue weighted by atomic mass is 9.96. The van der Waals surface area contributed by atoms with Crippen LogP contribution in [0.15, 0.2) is 91.1 Å². The molecule has 128 valence electrons. The number of aromatic hydroxyl groups is 1. The molecule has 0 aliphatic rings. The summed E-state index contributed by atoms with van der Waals surface area (Å²) in [6, 6.07) is 28.2. The van der Waals surface area contributed by atoms with Crippen LogP contribution in [-0.4, -0.2) is 10.1 Å². The van der Waals surface area contributed by atoms with Gasteiger partial charge in [0, 0.05) is 23.7 Å². The first-order chi connectivity index (χ1) is 12.8. The van der Waals surface area contributed by atoms with E-state index in [1.165, 1.54) is 5.56 Å². The molecule has 0 aliphatic heterocycles. The van der Waals surface area contributed by atoms with Crippen molar-refractivity contribution in [3.05, 3.63) is 108 Å². The maximum Gasteiger partial charge on any atom is 0.146 e. The number of fused-ring (bicyclic) bond motifs is 1. The van der Waals surface area contributed by atoms with Crippen molar-refractivity contribution >= 4 is 10.9 Å². The molecule has 3 nitrogen and oxygen atoms in total. The predicted octanol–water partition coefficient (Wildman–Crippen LogP) is 4.82. The van der Waals surface area contributed by atoms with Crippen molar-refractivity contribution in [3.8, 4) is 5.75 Å². The van der Waals surface area contributed by atoms with Crippen molar-refractivity contribution in [3.63, 3.8) is 0 Å². The zero-order chi connectivity index (χ0) is 17.8. The fraction of sp³-hybridized carbons (Fsp3) is 0.0870. The molecule has 3 aromatic carbocycles. The molecule has 3 heteroatoms. The monoisotopic (exact) mass is 340 g/mol. The minimum absolute atomic E-state index is 0.122. The molecule has 0 bridgehead atoms. The van der Waals surface area contributed by atoms with Gasteiger partial charge in [0.25, 0.3) is 0 Å². The highest BCUT2D eigenvalue weighted by Crippen LogP contribution is 2.34. The van der Waals surface area contributed by atoms with Gasteiger partial charge in [-0.05, 0) is 17.2 Å². The molecule has 2 N–H and O–H groups in total. The summed E-state index contributed by atoms with van der Waals surface area (Å²) in [7, 11) is 0. The van der Waals surface area contributed by atoms with E-state index in [9.17, 15) is 5.11 Å². The lowest BCUT2D eigenvalue weighted by molar-refractivity contribution is 0.462. The Bertz CT molecular complexity index is 1000. The van der Waals surface area contributed by atoms with Gasteiger partial charge < -0.3 is 10.4 Å². The first-order valence-corrected chi connectivity index (χ1v) is 8.72. The second-order valence-corrected chi connectivity index (χ2v) is 6.29. The first-order valence-electron chi connectivity index (χ1n) is 8.72. The molecule has 26 heavy (non-hydrogen) atoms. The van der Waals surface area contributed by atoms with Gasteiger partial charge in [-0.2, -0.15) is 0 Å². The van der Waals surface area contributed by atoms with Crippen LogP contribution in [0.2, 0.25) is 0 Å². The zero-order valence-electron chi connectivity index (χ0n) is 14.3. The Labute approximate surface area is 153 Å². The molecule has 0 saturated heterocycles. The molecule has 1 atom stereocenters. The van der Waals surface area contributed by atoms with Crippen LogP contribution in [0.1, 0.15) is 22.7 Å². The SMILES string of the molecule is Oc1c(C(NCc2ccccc2)c2ccccc2)ccc2cccnc12. The number of benzene rings is 3. The van der Waals surface area contributed by atoms with Gasteiger partial charge in [0.05, 0.1) is 6.04 Å². The van der Waals surface area contributed by atoms with Crippen LogP contribution < -0.4 is 5.32 Å². The molecular weight excluding hydrogens is 320 g/mol. The van der Waals surface area contributed by atoms with Crippen molar-refractivity contribution in [2.24, 2.45) is 0 Å². The summed E-state index contributed by atoms with van der Waals surface area (Å²) in [6.45, 7) is 0.708. The van der Waals surface area contributed by atoms with Crippen LogP contribution in [0, 0.1) is 0 Å². The summed E-state index contributed by atoms with van der Waals surface area (Å²) in [4.78, 5) is 4.36. The number of pyridine rings is 1. The van der Waals surface area contributed by atoms with E-state index in [-0.39, 0.29) is 11.8 Å². The Balaban J connectivity index is 1.74. The molecule has 1 heterocycles. The fourth-order valence-electron chi connectivity index (χ4n) is 3.25. The summed E-state index contributed by atoms with van der Waals surface area (Å²) in [5, 5.41) is 15.4. The average Bonchev–Trinajstić information content (AvgIpc) is 2.71. The van der Waals surface area contributed by atoms with E-state index in [0.29, 0.717) is 12.1 Å². The largest absolute Gasteiger partial charge is 0.505 e. The zero-order valence-corrected chi connectivity index (χ0v) is 14.3. The summed E-state index contributed by atoms with van der Waals surface area (Å²) < 4.78 is 0. The molecule has 0 spiro atoms. The van der Waals surface area contributed by atoms with E-state index in [0.717, 1.165) is 16.5 Å². The van der Waals surface area contributed by atoms with E-state index in [1.807, 2.05) is 60.7 Å². The van der Waals surface area contributed by atoms with Crippen molar-refractivity contribution in [1.29, 1.82) is 0 Å². The molecule has 1 aromatic heterocycles. The third kappa shape index (κ3) is 3.30. The smallest absolute Gasteiger partial charge is 0.146 e. The molecular formula is C23H20N2O. The molecule has 0 radical (unpaired) electrons.